The minimum Gasteiger partial charge on any atom is -0.350 e. The van der Waals surface area contributed by atoms with Crippen LogP contribution in [0.2, 0.25) is 0 Å². The lowest BCUT2D eigenvalue weighted by Gasteiger charge is -2.33. The van der Waals surface area contributed by atoms with Crippen LogP contribution in [0.3, 0.4) is 0 Å². The molecule has 4 amide bonds. The maximum atomic E-state index is 13.2. The van der Waals surface area contributed by atoms with Gasteiger partial charge in [0.05, 0.1) is 0 Å². The molecule has 1 atom stereocenters. The van der Waals surface area contributed by atoms with Crippen LogP contribution in [-0.4, -0.2) is 29.3 Å². The number of amides is 4. The summed E-state index contributed by atoms with van der Waals surface area (Å²) in [4.78, 5) is 39.1. The molecule has 0 bridgehead atoms. The number of hydrogen-bond acceptors (Lipinski definition) is 3. The largest absolute Gasteiger partial charge is 0.350 e. The molecular formula is C22H23N3O3. The molecular weight excluding hydrogens is 354 g/mol. The number of rotatable bonds is 4. The number of aryl methyl sites for hydroxylation is 2. The Hall–Kier alpha value is -3.15. The summed E-state index contributed by atoms with van der Waals surface area (Å²) in [6.45, 7) is 2.08. The zero-order valence-corrected chi connectivity index (χ0v) is 15.8. The van der Waals surface area contributed by atoms with Crippen molar-refractivity contribution in [3.63, 3.8) is 0 Å². The minimum absolute atomic E-state index is 0.277. The molecule has 1 aliphatic heterocycles. The van der Waals surface area contributed by atoms with Crippen molar-refractivity contribution >= 4 is 17.8 Å². The van der Waals surface area contributed by atoms with Crippen LogP contribution in [0.5, 0.6) is 0 Å². The number of imide groups is 1. The molecule has 1 aliphatic carbocycles. The standard InChI is InChI=1S/C22H23N3O3/c1-15-8-10-16(11-9-15)13-23-19(26)14-25-20(27)22(24-21(25)28)12-4-6-17-5-2-3-7-18(17)22/h2-3,5,7-11H,4,6,12-14H2,1H3,(H,23,26)(H,24,28). The summed E-state index contributed by atoms with van der Waals surface area (Å²) in [6, 6.07) is 15.0. The Morgan fingerprint density at radius 3 is 2.68 bits per heavy atom. The van der Waals surface area contributed by atoms with Crippen molar-refractivity contribution in [2.75, 3.05) is 6.54 Å². The third-order valence-corrected chi connectivity index (χ3v) is 5.56. The topological polar surface area (TPSA) is 78.5 Å². The molecule has 2 N–H and O–H groups in total. The van der Waals surface area contributed by atoms with Gasteiger partial charge in [-0.05, 0) is 42.9 Å². The first-order valence-electron chi connectivity index (χ1n) is 9.54. The molecule has 0 radical (unpaired) electrons. The normalized spacial score (nSPS) is 20.8. The van der Waals surface area contributed by atoms with Gasteiger partial charge in [-0.3, -0.25) is 14.5 Å². The quantitative estimate of drug-likeness (QED) is 0.803. The zero-order chi connectivity index (χ0) is 19.7. The smallest absolute Gasteiger partial charge is 0.325 e. The average Bonchev–Trinajstić information content (AvgIpc) is 2.93. The van der Waals surface area contributed by atoms with Gasteiger partial charge in [0.1, 0.15) is 12.1 Å². The van der Waals surface area contributed by atoms with Gasteiger partial charge < -0.3 is 10.6 Å². The van der Waals surface area contributed by atoms with Crippen molar-refractivity contribution in [3.05, 3.63) is 70.8 Å². The Morgan fingerprint density at radius 2 is 1.89 bits per heavy atom. The summed E-state index contributed by atoms with van der Waals surface area (Å²) in [5, 5.41) is 5.65. The first-order valence-corrected chi connectivity index (χ1v) is 9.54. The van der Waals surface area contributed by atoms with Gasteiger partial charge in [0, 0.05) is 6.54 Å². The highest BCUT2D eigenvalue weighted by molar-refractivity contribution is 6.09. The van der Waals surface area contributed by atoms with Crippen LogP contribution in [0.1, 0.15) is 35.1 Å². The second-order valence-corrected chi connectivity index (χ2v) is 7.50. The molecule has 2 aromatic rings. The molecule has 2 aromatic carbocycles. The second kappa shape index (κ2) is 7.11. The summed E-state index contributed by atoms with van der Waals surface area (Å²) in [7, 11) is 0. The number of nitrogens with zero attached hydrogens (tertiary/aromatic N) is 1. The second-order valence-electron chi connectivity index (χ2n) is 7.50. The van der Waals surface area contributed by atoms with Crippen molar-refractivity contribution < 1.29 is 14.4 Å². The van der Waals surface area contributed by atoms with Crippen LogP contribution in [0, 0.1) is 6.92 Å². The van der Waals surface area contributed by atoms with Gasteiger partial charge in [-0.25, -0.2) is 4.79 Å². The molecule has 6 heteroatoms. The van der Waals surface area contributed by atoms with E-state index in [2.05, 4.69) is 10.6 Å². The first kappa shape index (κ1) is 18.2. The molecule has 2 aliphatic rings. The summed E-state index contributed by atoms with van der Waals surface area (Å²) in [5.41, 5.74) is 3.00. The molecule has 1 saturated heterocycles. The number of carbonyl (C=O) groups is 3. The monoisotopic (exact) mass is 377 g/mol. The SMILES string of the molecule is Cc1ccc(CNC(=O)CN2C(=O)NC3(CCCc4ccccc43)C2=O)cc1. The van der Waals surface area contributed by atoms with Crippen molar-refractivity contribution in [1.29, 1.82) is 0 Å². The Bertz CT molecular complexity index is 938. The average molecular weight is 377 g/mol. The third kappa shape index (κ3) is 3.15. The van der Waals surface area contributed by atoms with E-state index in [1.165, 1.54) is 0 Å². The van der Waals surface area contributed by atoms with Crippen molar-refractivity contribution in [1.82, 2.24) is 15.5 Å². The number of urea groups is 1. The molecule has 0 saturated carbocycles. The highest BCUT2D eigenvalue weighted by Gasteiger charge is 2.54. The lowest BCUT2D eigenvalue weighted by molar-refractivity contribution is -0.135. The van der Waals surface area contributed by atoms with Crippen LogP contribution in [0.25, 0.3) is 0 Å². The van der Waals surface area contributed by atoms with E-state index in [0.717, 1.165) is 40.0 Å². The molecule has 1 heterocycles. The van der Waals surface area contributed by atoms with Crippen LogP contribution < -0.4 is 10.6 Å². The lowest BCUT2D eigenvalue weighted by atomic mass is 9.76. The number of nitrogens with one attached hydrogen (secondary N) is 2. The fourth-order valence-corrected chi connectivity index (χ4v) is 4.06. The third-order valence-electron chi connectivity index (χ3n) is 5.56. The van der Waals surface area contributed by atoms with E-state index in [-0.39, 0.29) is 18.4 Å². The van der Waals surface area contributed by atoms with Gasteiger partial charge in [-0.2, -0.15) is 0 Å². The molecule has 0 aromatic heterocycles. The van der Waals surface area contributed by atoms with E-state index in [1.807, 2.05) is 55.5 Å². The van der Waals surface area contributed by atoms with Gasteiger partial charge in [-0.15, -0.1) is 0 Å². The van der Waals surface area contributed by atoms with Crippen molar-refractivity contribution in [2.45, 2.75) is 38.3 Å². The number of benzene rings is 2. The van der Waals surface area contributed by atoms with Crippen LogP contribution in [-0.2, 0) is 28.1 Å². The molecule has 28 heavy (non-hydrogen) atoms. The molecule has 4 rings (SSSR count). The Kier molecular flexibility index (Phi) is 4.63. The fourth-order valence-electron chi connectivity index (χ4n) is 4.06. The van der Waals surface area contributed by atoms with E-state index in [1.54, 1.807) is 0 Å². The van der Waals surface area contributed by atoms with Crippen LogP contribution in [0.15, 0.2) is 48.5 Å². The maximum absolute atomic E-state index is 13.2. The van der Waals surface area contributed by atoms with Gasteiger partial charge in [0.2, 0.25) is 5.91 Å². The van der Waals surface area contributed by atoms with Gasteiger partial charge in [-0.1, -0.05) is 54.1 Å². The Morgan fingerprint density at radius 1 is 1.14 bits per heavy atom. The summed E-state index contributed by atoms with van der Waals surface area (Å²) in [5.74, 6) is -0.694. The van der Waals surface area contributed by atoms with Gasteiger partial charge in [0.25, 0.3) is 5.91 Å². The Balaban J connectivity index is 1.46. The van der Waals surface area contributed by atoms with E-state index >= 15 is 0 Å². The van der Waals surface area contributed by atoms with E-state index in [9.17, 15) is 14.4 Å². The molecule has 144 valence electrons. The van der Waals surface area contributed by atoms with Gasteiger partial charge >= 0.3 is 6.03 Å². The lowest BCUT2D eigenvalue weighted by Crippen LogP contribution is -2.47. The molecule has 1 unspecified atom stereocenters. The molecule has 1 fully saturated rings. The predicted molar refractivity (Wildman–Crippen MR) is 104 cm³/mol. The number of hydrogen-bond donors (Lipinski definition) is 2. The highest BCUT2D eigenvalue weighted by atomic mass is 16.2. The van der Waals surface area contributed by atoms with E-state index in [4.69, 9.17) is 0 Å². The highest BCUT2D eigenvalue weighted by Crippen LogP contribution is 2.39. The van der Waals surface area contributed by atoms with E-state index < -0.39 is 11.6 Å². The molecule has 6 nitrogen and oxygen atoms in total. The van der Waals surface area contributed by atoms with Crippen LogP contribution in [0.4, 0.5) is 4.79 Å². The summed E-state index contributed by atoms with van der Waals surface area (Å²) in [6.07, 6.45) is 2.25. The zero-order valence-electron chi connectivity index (χ0n) is 15.8. The molecule has 1 spiro atoms. The minimum atomic E-state index is -1.04. The maximum Gasteiger partial charge on any atom is 0.325 e. The predicted octanol–water partition coefficient (Wildman–Crippen LogP) is 2.39. The summed E-state index contributed by atoms with van der Waals surface area (Å²) >= 11 is 0. The number of fused-ring (bicyclic) bond motifs is 2. The Labute approximate surface area is 163 Å². The van der Waals surface area contributed by atoms with Crippen molar-refractivity contribution in [2.24, 2.45) is 0 Å². The van der Waals surface area contributed by atoms with Crippen molar-refractivity contribution in [3.8, 4) is 0 Å². The fraction of sp³-hybridized carbons (Fsp3) is 0.318. The van der Waals surface area contributed by atoms with Crippen LogP contribution >= 0.6 is 0 Å². The number of carbonyl (C=O) groups excluding carboxylic acids is 3. The first-order chi connectivity index (χ1) is 13.5. The summed E-state index contributed by atoms with van der Waals surface area (Å²) < 4.78 is 0. The van der Waals surface area contributed by atoms with Gasteiger partial charge in [0.15, 0.2) is 0 Å². The van der Waals surface area contributed by atoms with E-state index in [0.29, 0.717) is 13.0 Å².